The van der Waals surface area contributed by atoms with Crippen LogP contribution < -0.4 is 0 Å². The molecule has 0 aliphatic carbocycles. The molecule has 1 aliphatic heterocycles. The molecule has 1 saturated heterocycles. The second-order valence-corrected chi connectivity index (χ2v) is 7.78. The third kappa shape index (κ3) is 4.54. The highest BCUT2D eigenvalue weighted by Crippen LogP contribution is 2.23. The second kappa shape index (κ2) is 8.21. The Bertz CT molecular complexity index is 764. The summed E-state index contributed by atoms with van der Waals surface area (Å²) in [5.74, 6) is -0.0300. The van der Waals surface area contributed by atoms with Crippen molar-refractivity contribution in [1.29, 1.82) is 0 Å². The van der Waals surface area contributed by atoms with Crippen LogP contribution in [-0.2, 0) is 11.2 Å². The number of benzene rings is 1. The normalized spacial score (nSPS) is 15.1. The van der Waals surface area contributed by atoms with Crippen LogP contribution in [0.15, 0.2) is 35.7 Å². The van der Waals surface area contributed by atoms with Crippen LogP contribution in [0.25, 0.3) is 0 Å². The van der Waals surface area contributed by atoms with Crippen molar-refractivity contribution in [3.8, 4) is 0 Å². The fraction of sp³-hybridized carbons (Fsp3) is 0.333. The van der Waals surface area contributed by atoms with Gasteiger partial charge in [0.25, 0.3) is 5.91 Å². The highest BCUT2D eigenvalue weighted by atomic mass is 35.5. The number of amides is 2. The minimum Gasteiger partial charge on any atom is -0.341 e. The number of hydrogen-bond acceptors (Lipinski definition) is 3. The number of halogens is 2. The maximum atomic E-state index is 12.7. The van der Waals surface area contributed by atoms with Crippen molar-refractivity contribution in [2.45, 2.75) is 12.8 Å². The molecule has 2 aromatic rings. The molecular weight excluding hydrogens is 379 g/mol. The maximum absolute atomic E-state index is 12.7. The quantitative estimate of drug-likeness (QED) is 0.787. The smallest absolute Gasteiger partial charge is 0.255 e. The molecule has 1 aromatic carbocycles. The van der Waals surface area contributed by atoms with E-state index in [2.05, 4.69) is 0 Å². The zero-order valence-electron chi connectivity index (χ0n) is 13.6. The fourth-order valence-corrected chi connectivity index (χ4v) is 3.94. The lowest BCUT2D eigenvalue weighted by Crippen LogP contribution is -2.38. The average molecular weight is 397 g/mol. The zero-order chi connectivity index (χ0) is 17.8. The molecule has 1 fully saturated rings. The lowest BCUT2D eigenvalue weighted by atomic mass is 10.2. The first kappa shape index (κ1) is 18.2. The van der Waals surface area contributed by atoms with Crippen molar-refractivity contribution in [2.75, 3.05) is 26.2 Å². The van der Waals surface area contributed by atoms with E-state index in [9.17, 15) is 9.59 Å². The van der Waals surface area contributed by atoms with Gasteiger partial charge in [0.2, 0.25) is 5.91 Å². The van der Waals surface area contributed by atoms with E-state index in [0.29, 0.717) is 48.2 Å². The minimum absolute atomic E-state index is 0.109. The molecule has 0 N–H and O–H groups in total. The molecule has 25 heavy (non-hydrogen) atoms. The molecule has 132 valence electrons. The summed E-state index contributed by atoms with van der Waals surface area (Å²) in [6.45, 7) is 2.30. The van der Waals surface area contributed by atoms with E-state index in [-0.39, 0.29) is 11.8 Å². The van der Waals surface area contributed by atoms with Crippen LogP contribution in [0.3, 0.4) is 0 Å². The number of nitrogens with zero attached hydrogens (tertiary/aromatic N) is 2. The van der Waals surface area contributed by atoms with Gasteiger partial charge < -0.3 is 9.80 Å². The third-order valence-corrected chi connectivity index (χ3v) is 5.64. The van der Waals surface area contributed by atoms with E-state index < -0.39 is 0 Å². The zero-order valence-corrected chi connectivity index (χ0v) is 15.9. The van der Waals surface area contributed by atoms with Gasteiger partial charge in [-0.15, -0.1) is 11.3 Å². The van der Waals surface area contributed by atoms with Crippen LogP contribution in [0.2, 0.25) is 10.0 Å². The first-order valence-corrected chi connectivity index (χ1v) is 9.72. The number of thiophene rings is 1. The molecule has 7 heteroatoms. The summed E-state index contributed by atoms with van der Waals surface area (Å²) in [7, 11) is 0. The Morgan fingerprint density at radius 1 is 1.04 bits per heavy atom. The van der Waals surface area contributed by atoms with Gasteiger partial charge in [0.15, 0.2) is 0 Å². The SMILES string of the molecule is O=C(Cc1cccs1)N1CCCN(C(=O)c2cc(Cl)ccc2Cl)CC1. The van der Waals surface area contributed by atoms with E-state index in [1.807, 2.05) is 22.4 Å². The number of carbonyl (C=O) groups is 2. The largest absolute Gasteiger partial charge is 0.341 e. The van der Waals surface area contributed by atoms with Gasteiger partial charge in [0.05, 0.1) is 17.0 Å². The Morgan fingerprint density at radius 3 is 2.56 bits per heavy atom. The van der Waals surface area contributed by atoms with Crippen molar-refractivity contribution >= 4 is 46.4 Å². The molecule has 1 aliphatic rings. The summed E-state index contributed by atoms with van der Waals surface area (Å²) >= 11 is 13.7. The number of carbonyl (C=O) groups excluding carboxylic acids is 2. The van der Waals surface area contributed by atoms with Gasteiger partial charge in [0, 0.05) is 36.1 Å². The van der Waals surface area contributed by atoms with E-state index in [4.69, 9.17) is 23.2 Å². The van der Waals surface area contributed by atoms with Crippen LogP contribution in [0.1, 0.15) is 21.7 Å². The lowest BCUT2D eigenvalue weighted by molar-refractivity contribution is -0.130. The van der Waals surface area contributed by atoms with Crippen LogP contribution in [0, 0.1) is 0 Å². The van der Waals surface area contributed by atoms with Crippen LogP contribution >= 0.6 is 34.5 Å². The first-order valence-electron chi connectivity index (χ1n) is 8.09. The average Bonchev–Trinajstić information content (AvgIpc) is 2.97. The van der Waals surface area contributed by atoms with E-state index in [0.717, 1.165) is 11.3 Å². The van der Waals surface area contributed by atoms with Gasteiger partial charge in [-0.3, -0.25) is 9.59 Å². The number of rotatable bonds is 3. The van der Waals surface area contributed by atoms with Crippen LogP contribution in [0.4, 0.5) is 0 Å². The lowest BCUT2D eigenvalue weighted by Gasteiger charge is -2.22. The summed E-state index contributed by atoms with van der Waals surface area (Å²) in [6.07, 6.45) is 1.17. The summed E-state index contributed by atoms with van der Waals surface area (Å²) in [4.78, 5) is 29.8. The molecule has 4 nitrogen and oxygen atoms in total. The summed E-state index contributed by atoms with van der Waals surface area (Å²) in [5.41, 5.74) is 0.410. The Hall–Kier alpha value is -1.56. The van der Waals surface area contributed by atoms with Crippen LogP contribution in [0.5, 0.6) is 0 Å². The predicted octanol–water partition coefficient (Wildman–Crippen LogP) is 3.97. The van der Waals surface area contributed by atoms with E-state index in [1.54, 1.807) is 34.4 Å². The van der Waals surface area contributed by atoms with Gasteiger partial charge >= 0.3 is 0 Å². The van der Waals surface area contributed by atoms with Gasteiger partial charge in [-0.25, -0.2) is 0 Å². The molecule has 0 saturated carbocycles. The maximum Gasteiger partial charge on any atom is 0.255 e. The first-order chi connectivity index (χ1) is 12.0. The molecule has 2 heterocycles. The summed E-state index contributed by atoms with van der Waals surface area (Å²) < 4.78 is 0. The van der Waals surface area contributed by atoms with Crippen molar-refractivity contribution in [1.82, 2.24) is 9.80 Å². The Balaban J connectivity index is 1.64. The molecule has 0 bridgehead atoms. The van der Waals surface area contributed by atoms with Gasteiger partial charge in [-0.2, -0.15) is 0 Å². The Morgan fingerprint density at radius 2 is 1.80 bits per heavy atom. The van der Waals surface area contributed by atoms with Gasteiger partial charge in [-0.1, -0.05) is 29.3 Å². The summed E-state index contributed by atoms with van der Waals surface area (Å²) in [5, 5.41) is 2.85. The minimum atomic E-state index is -0.139. The van der Waals surface area contributed by atoms with Crippen molar-refractivity contribution < 1.29 is 9.59 Å². The molecule has 0 spiro atoms. The van der Waals surface area contributed by atoms with E-state index >= 15 is 0 Å². The van der Waals surface area contributed by atoms with Crippen LogP contribution in [-0.4, -0.2) is 47.8 Å². The molecule has 2 amide bonds. The Kier molecular flexibility index (Phi) is 5.99. The standard InChI is InChI=1S/C18H18Cl2N2O2S/c19-13-4-5-16(20)15(11-13)18(24)22-7-2-6-21(8-9-22)17(23)12-14-3-1-10-25-14/h1,3-5,10-11H,2,6-9,12H2. The monoisotopic (exact) mass is 396 g/mol. The van der Waals surface area contributed by atoms with Crippen molar-refractivity contribution in [3.63, 3.8) is 0 Å². The highest BCUT2D eigenvalue weighted by Gasteiger charge is 2.24. The topological polar surface area (TPSA) is 40.6 Å². The number of hydrogen-bond donors (Lipinski definition) is 0. The van der Waals surface area contributed by atoms with Gasteiger partial charge in [-0.05, 0) is 36.1 Å². The van der Waals surface area contributed by atoms with Crippen molar-refractivity contribution in [2.24, 2.45) is 0 Å². The molecule has 0 unspecified atom stereocenters. The molecule has 1 aromatic heterocycles. The molecule has 0 radical (unpaired) electrons. The summed E-state index contributed by atoms with van der Waals surface area (Å²) in [6, 6.07) is 8.80. The van der Waals surface area contributed by atoms with Crippen molar-refractivity contribution in [3.05, 3.63) is 56.2 Å². The van der Waals surface area contributed by atoms with Gasteiger partial charge in [0.1, 0.15) is 0 Å². The molecular formula is C18H18Cl2N2O2S. The second-order valence-electron chi connectivity index (χ2n) is 5.91. The fourth-order valence-electron chi connectivity index (χ4n) is 2.88. The highest BCUT2D eigenvalue weighted by molar-refractivity contribution is 7.10. The molecule has 0 atom stereocenters. The van der Waals surface area contributed by atoms with E-state index in [1.165, 1.54) is 0 Å². The predicted molar refractivity (Wildman–Crippen MR) is 102 cm³/mol. The molecule has 3 rings (SSSR count). The third-order valence-electron chi connectivity index (χ3n) is 4.20. The Labute approximate surface area is 160 Å².